The summed E-state index contributed by atoms with van der Waals surface area (Å²) in [5, 5.41) is 3.98. The summed E-state index contributed by atoms with van der Waals surface area (Å²) in [7, 11) is 0. The highest BCUT2D eigenvalue weighted by molar-refractivity contribution is 4.92. The molecule has 17 heavy (non-hydrogen) atoms. The van der Waals surface area contributed by atoms with Gasteiger partial charge in [-0.2, -0.15) is 0 Å². The monoisotopic (exact) mass is 237 g/mol. The van der Waals surface area contributed by atoms with Crippen molar-refractivity contribution in [2.45, 2.75) is 78.8 Å². The molecule has 100 valence electrons. The summed E-state index contributed by atoms with van der Waals surface area (Å²) in [5.41, 5.74) is 0.544. The molecular weight excluding hydrogens is 206 g/mol. The number of hydrogen-bond acceptors (Lipinski definition) is 1. The Morgan fingerprint density at radius 2 is 1.71 bits per heavy atom. The lowest BCUT2D eigenvalue weighted by atomic mass is 9.70. The van der Waals surface area contributed by atoms with E-state index in [1.807, 2.05) is 0 Å². The summed E-state index contributed by atoms with van der Waals surface area (Å²) in [6, 6.07) is 1.56. The standard InChI is InChI=1S/C16H31N/c1-11-8-14(10-16(4,5)9-11)17-15-7-6-12(2)13(15)3/h11-15,17H,6-10H2,1-5H3. The highest BCUT2D eigenvalue weighted by Gasteiger charge is 2.36. The van der Waals surface area contributed by atoms with Crippen molar-refractivity contribution in [2.24, 2.45) is 23.2 Å². The molecule has 0 aliphatic heterocycles. The van der Waals surface area contributed by atoms with Gasteiger partial charge in [0.15, 0.2) is 0 Å². The average Bonchev–Trinajstić information content (AvgIpc) is 2.46. The van der Waals surface area contributed by atoms with Crippen LogP contribution in [0.1, 0.15) is 66.7 Å². The van der Waals surface area contributed by atoms with E-state index in [1.165, 1.54) is 32.1 Å². The van der Waals surface area contributed by atoms with Gasteiger partial charge in [-0.05, 0) is 55.3 Å². The molecule has 2 aliphatic rings. The van der Waals surface area contributed by atoms with Crippen molar-refractivity contribution in [2.75, 3.05) is 0 Å². The molecule has 0 aromatic rings. The van der Waals surface area contributed by atoms with Gasteiger partial charge >= 0.3 is 0 Å². The van der Waals surface area contributed by atoms with Crippen LogP contribution in [0, 0.1) is 23.2 Å². The van der Waals surface area contributed by atoms with Crippen molar-refractivity contribution in [3.63, 3.8) is 0 Å². The summed E-state index contributed by atoms with van der Waals surface area (Å²) in [5.74, 6) is 2.68. The highest BCUT2D eigenvalue weighted by atomic mass is 15.0. The summed E-state index contributed by atoms with van der Waals surface area (Å²) in [4.78, 5) is 0. The molecule has 1 heteroatoms. The van der Waals surface area contributed by atoms with E-state index in [-0.39, 0.29) is 0 Å². The second-order valence-electron chi connectivity index (χ2n) is 7.80. The minimum absolute atomic E-state index is 0.544. The molecule has 5 unspecified atom stereocenters. The molecule has 0 aromatic heterocycles. The van der Waals surface area contributed by atoms with Crippen LogP contribution in [0.2, 0.25) is 0 Å². The molecule has 2 fully saturated rings. The van der Waals surface area contributed by atoms with Crippen molar-refractivity contribution in [3.05, 3.63) is 0 Å². The fourth-order valence-electron chi connectivity index (χ4n) is 4.38. The molecule has 0 radical (unpaired) electrons. The second-order valence-corrected chi connectivity index (χ2v) is 7.80. The lowest BCUT2D eigenvalue weighted by Gasteiger charge is -2.41. The Balaban J connectivity index is 1.90. The van der Waals surface area contributed by atoms with E-state index >= 15 is 0 Å². The van der Waals surface area contributed by atoms with Gasteiger partial charge in [-0.1, -0.05) is 34.6 Å². The van der Waals surface area contributed by atoms with Crippen molar-refractivity contribution in [1.29, 1.82) is 0 Å². The number of rotatable bonds is 2. The summed E-state index contributed by atoms with van der Waals surface area (Å²) in [6.07, 6.45) is 6.98. The molecule has 2 saturated carbocycles. The normalized spacial score (nSPS) is 46.1. The van der Waals surface area contributed by atoms with Crippen LogP contribution in [0.3, 0.4) is 0 Å². The van der Waals surface area contributed by atoms with Crippen LogP contribution >= 0.6 is 0 Å². The van der Waals surface area contributed by atoms with Crippen molar-refractivity contribution in [1.82, 2.24) is 5.32 Å². The van der Waals surface area contributed by atoms with Gasteiger partial charge in [-0.25, -0.2) is 0 Å². The maximum absolute atomic E-state index is 3.98. The van der Waals surface area contributed by atoms with Crippen LogP contribution in [-0.2, 0) is 0 Å². The Kier molecular flexibility index (Phi) is 3.87. The van der Waals surface area contributed by atoms with Crippen LogP contribution in [0.15, 0.2) is 0 Å². The van der Waals surface area contributed by atoms with E-state index in [2.05, 4.69) is 39.9 Å². The Labute approximate surface area is 108 Å². The van der Waals surface area contributed by atoms with Gasteiger partial charge in [0, 0.05) is 12.1 Å². The number of nitrogens with one attached hydrogen (secondary N) is 1. The molecule has 2 aliphatic carbocycles. The second kappa shape index (κ2) is 4.91. The lowest BCUT2D eigenvalue weighted by Crippen LogP contribution is -2.46. The van der Waals surface area contributed by atoms with E-state index < -0.39 is 0 Å². The predicted octanol–water partition coefficient (Wildman–Crippen LogP) is 4.23. The van der Waals surface area contributed by atoms with Gasteiger partial charge in [0.05, 0.1) is 0 Å². The van der Waals surface area contributed by atoms with Crippen molar-refractivity contribution >= 4 is 0 Å². The van der Waals surface area contributed by atoms with Crippen LogP contribution in [0.5, 0.6) is 0 Å². The third-order valence-corrected chi connectivity index (χ3v) is 5.30. The van der Waals surface area contributed by atoms with E-state index in [0.717, 1.165) is 29.8 Å². The zero-order chi connectivity index (χ0) is 12.6. The van der Waals surface area contributed by atoms with Crippen molar-refractivity contribution in [3.8, 4) is 0 Å². The topological polar surface area (TPSA) is 12.0 Å². The predicted molar refractivity (Wildman–Crippen MR) is 75.1 cm³/mol. The van der Waals surface area contributed by atoms with Gasteiger partial charge in [-0.15, -0.1) is 0 Å². The van der Waals surface area contributed by atoms with Gasteiger partial charge in [0.1, 0.15) is 0 Å². The van der Waals surface area contributed by atoms with Crippen LogP contribution in [0.25, 0.3) is 0 Å². The fourth-order valence-corrected chi connectivity index (χ4v) is 4.38. The lowest BCUT2D eigenvalue weighted by molar-refractivity contribution is 0.139. The molecule has 5 atom stereocenters. The third-order valence-electron chi connectivity index (χ3n) is 5.30. The van der Waals surface area contributed by atoms with Gasteiger partial charge in [0.25, 0.3) is 0 Å². The molecule has 0 aromatic carbocycles. The highest BCUT2D eigenvalue weighted by Crippen LogP contribution is 2.40. The Hall–Kier alpha value is -0.0400. The average molecular weight is 237 g/mol. The minimum Gasteiger partial charge on any atom is -0.311 e. The maximum Gasteiger partial charge on any atom is 0.00979 e. The van der Waals surface area contributed by atoms with E-state index in [1.54, 1.807) is 0 Å². The Morgan fingerprint density at radius 1 is 1.00 bits per heavy atom. The smallest absolute Gasteiger partial charge is 0.00979 e. The van der Waals surface area contributed by atoms with Crippen LogP contribution in [-0.4, -0.2) is 12.1 Å². The molecule has 2 rings (SSSR count). The zero-order valence-electron chi connectivity index (χ0n) is 12.4. The van der Waals surface area contributed by atoms with Crippen LogP contribution in [0.4, 0.5) is 0 Å². The quantitative estimate of drug-likeness (QED) is 0.758. The van der Waals surface area contributed by atoms with Crippen LogP contribution < -0.4 is 5.32 Å². The summed E-state index contributed by atoms with van der Waals surface area (Å²) in [6.45, 7) is 12.2. The zero-order valence-corrected chi connectivity index (χ0v) is 12.4. The molecule has 0 heterocycles. The Bertz CT molecular complexity index is 258. The summed E-state index contributed by atoms with van der Waals surface area (Å²) < 4.78 is 0. The Morgan fingerprint density at radius 3 is 2.24 bits per heavy atom. The molecule has 0 saturated heterocycles. The van der Waals surface area contributed by atoms with E-state index in [4.69, 9.17) is 0 Å². The first kappa shape index (κ1) is 13.4. The first-order chi connectivity index (χ1) is 7.87. The SMILES string of the molecule is CC1CC(NC2CCC(C)C2C)CC(C)(C)C1. The van der Waals surface area contributed by atoms with Gasteiger partial charge < -0.3 is 5.32 Å². The largest absolute Gasteiger partial charge is 0.311 e. The first-order valence-corrected chi connectivity index (χ1v) is 7.63. The third kappa shape index (κ3) is 3.24. The fraction of sp³-hybridized carbons (Fsp3) is 1.00. The molecule has 0 bridgehead atoms. The number of hydrogen-bond donors (Lipinski definition) is 1. The van der Waals surface area contributed by atoms with E-state index in [9.17, 15) is 0 Å². The summed E-state index contributed by atoms with van der Waals surface area (Å²) >= 11 is 0. The first-order valence-electron chi connectivity index (χ1n) is 7.63. The van der Waals surface area contributed by atoms with E-state index in [0.29, 0.717) is 5.41 Å². The van der Waals surface area contributed by atoms with Gasteiger partial charge in [-0.3, -0.25) is 0 Å². The molecule has 0 spiro atoms. The molecule has 1 N–H and O–H groups in total. The van der Waals surface area contributed by atoms with Crippen molar-refractivity contribution < 1.29 is 0 Å². The van der Waals surface area contributed by atoms with Gasteiger partial charge in [0.2, 0.25) is 0 Å². The minimum atomic E-state index is 0.544. The maximum atomic E-state index is 3.98. The molecular formula is C16H31N. The molecule has 0 amide bonds. The molecule has 1 nitrogen and oxygen atoms in total.